The van der Waals surface area contributed by atoms with Gasteiger partial charge in [0.25, 0.3) is 5.91 Å². The molecule has 7 heteroatoms. The number of hydrogen-bond acceptors (Lipinski definition) is 4. The van der Waals surface area contributed by atoms with Crippen molar-refractivity contribution in [3.63, 3.8) is 0 Å². The Morgan fingerprint density at radius 2 is 2.08 bits per heavy atom. The van der Waals surface area contributed by atoms with Crippen LogP contribution in [-0.2, 0) is 0 Å². The second-order valence-electron chi connectivity index (χ2n) is 6.01. The zero-order valence-electron chi connectivity index (χ0n) is 13.8. The molecular formula is C19H16ClN3O3. The highest BCUT2D eigenvalue weighted by Crippen LogP contribution is 2.24. The molecular weight excluding hydrogens is 354 g/mol. The number of aromatic amines is 1. The molecule has 0 atom stereocenters. The van der Waals surface area contributed by atoms with Gasteiger partial charge in [0.05, 0.1) is 24.3 Å². The lowest BCUT2D eigenvalue weighted by molar-refractivity contribution is 0.0956. The fraction of sp³-hybridized carbons (Fsp3) is 0.158. The molecule has 4 rings (SSSR count). The summed E-state index contributed by atoms with van der Waals surface area (Å²) in [4.78, 5) is 27.6. The first-order valence-electron chi connectivity index (χ1n) is 8.20. The van der Waals surface area contributed by atoms with E-state index in [0.29, 0.717) is 40.9 Å². The van der Waals surface area contributed by atoms with Crippen LogP contribution in [0.4, 0.5) is 5.69 Å². The number of nitrogens with one attached hydrogen (secondary N) is 3. The fourth-order valence-electron chi connectivity index (χ4n) is 2.90. The van der Waals surface area contributed by atoms with Crippen molar-refractivity contribution >= 4 is 39.9 Å². The van der Waals surface area contributed by atoms with Crippen molar-refractivity contribution in [2.75, 3.05) is 25.0 Å². The molecule has 132 valence electrons. The zero-order valence-corrected chi connectivity index (χ0v) is 14.5. The second-order valence-corrected chi connectivity index (χ2v) is 6.44. The molecule has 3 aromatic rings. The van der Waals surface area contributed by atoms with Crippen molar-refractivity contribution in [2.45, 2.75) is 0 Å². The Hall–Kier alpha value is -2.99. The highest BCUT2D eigenvalue weighted by atomic mass is 35.5. The maximum Gasteiger partial charge on any atom is 0.255 e. The number of rotatable bonds is 4. The molecule has 1 aliphatic heterocycles. The summed E-state index contributed by atoms with van der Waals surface area (Å²) in [5.41, 5.74) is 2.50. The van der Waals surface area contributed by atoms with Crippen LogP contribution in [0.1, 0.15) is 20.8 Å². The van der Waals surface area contributed by atoms with Gasteiger partial charge in [-0.3, -0.25) is 9.59 Å². The van der Waals surface area contributed by atoms with Crippen LogP contribution in [0, 0.1) is 0 Å². The van der Waals surface area contributed by atoms with Crippen LogP contribution in [0.5, 0.6) is 5.75 Å². The van der Waals surface area contributed by atoms with Gasteiger partial charge in [0.2, 0.25) is 0 Å². The van der Waals surface area contributed by atoms with Gasteiger partial charge in [-0.05, 0) is 42.5 Å². The molecule has 0 spiro atoms. The summed E-state index contributed by atoms with van der Waals surface area (Å²) in [6.45, 7) is 1.01. The van der Waals surface area contributed by atoms with E-state index < -0.39 is 0 Å². The number of carbonyl (C=O) groups is 2. The normalized spacial score (nSPS) is 13.5. The molecule has 1 aromatic heterocycles. The predicted octanol–water partition coefficient (Wildman–Crippen LogP) is 3.24. The average molecular weight is 370 g/mol. The van der Waals surface area contributed by atoms with Gasteiger partial charge in [-0.15, -0.1) is 0 Å². The van der Waals surface area contributed by atoms with Crippen molar-refractivity contribution in [3.8, 4) is 5.75 Å². The molecule has 0 bridgehead atoms. The maximum absolute atomic E-state index is 12.4. The number of fused-ring (bicyclic) bond motifs is 2. The first kappa shape index (κ1) is 16.5. The first-order chi connectivity index (χ1) is 12.6. The van der Waals surface area contributed by atoms with Gasteiger partial charge in [-0.1, -0.05) is 11.6 Å². The van der Waals surface area contributed by atoms with E-state index in [9.17, 15) is 9.59 Å². The number of benzene rings is 2. The number of halogens is 1. The Kier molecular flexibility index (Phi) is 4.26. The number of hydrogen-bond donors (Lipinski definition) is 3. The van der Waals surface area contributed by atoms with Gasteiger partial charge in [0.15, 0.2) is 5.78 Å². The Bertz CT molecular complexity index is 1010. The Morgan fingerprint density at radius 1 is 1.19 bits per heavy atom. The van der Waals surface area contributed by atoms with Crippen molar-refractivity contribution in [2.24, 2.45) is 0 Å². The third kappa shape index (κ3) is 3.23. The average Bonchev–Trinajstić information content (AvgIpc) is 2.97. The summed E-state index contributed by atoms with van der Waals surface area (Å²) in [5.74, 6) is 0.275. The third-order valence-electron chi connectivity index (χ3n) is 4.21. The van der Waals surface area contributed by atoms with Gasteiger partial charge in [-0.2, -0.15) is 0 Å². The number of ketones is 1. The number of anilines is 1. The lowest BCUT2D eigenvalue weighted by atomic mass is 10.1. The maximum atomic E-state index is 12.4. The molecule has 0 aliphatic carbocycles. The molecule has 1 amide bonds. The molecule has 3 N–H and O–H groups in total. The summed E-state index contributed by atoms with van der Waals surface area (Å²) in [6, 6.07) is 12.4. The number of H-pyrrole nitrogens is 1. The van der Waals surface area contributed by atoms with Crippen molar-refractivity contribution in [3.05, 3.63) is 58.7 Å². The Balaban J connectivity index is 1.49. The van der Waals surface area contributed by atoms with Crippen LogP contribution in [-0.4, -0.2) is 36.4 Å². The summed E-state index contributed by atoms with van der Waals surface area (Å²) >= 11 is 5.98. The molecule has 0 fully saturated rings. The SMILES string of the molecule is O=C(CNc1ccc2c(c1)C(=O)NCCO2)c1cc2cc(Cl)ccc2[nH]1. The highest BCUT2D eigenvalue weighted by Gasteiger charge is 2.17. The molecule has 0 saturated heterocycles. The minimum Gasteiger partial charge on any atom is -0.491 e. The lowest BCUT2D eigenvalue weighted by Crippen LogP contribution is -2.24. The Labute approximate surface area is 154 Å². The van der Waals surface area contributed by atoms with Gasteiger partial charge >= 0.3 is 0 Å². The van der Waals surface area contributed by atoms with E-state index in [4.69, 9.17) is 16.3 Å². The summed E-state index contributed by atoms with van der Waals surface area (Å²) in [7, 11) is 0. The number of Topliss-reactive ketones (excluding diaryl/α,β-unsaturated/α-hetero) is 1. The fourth-order valence-corrected chi connectivity index (χ4v) is 3.08. The topological polar surface area (TPSA) is 83.2 Å². The molecule has 0 radical (unpaired) electrons. The number of carbonyl (C=O) groups excluding carboxylic acids is 2. The van der Waals surface area contributed by atoms with E-state index in [2.05, 4.69) is 15.6 Å². The molecule has 26 heavy (non-hydrogen) atoms. The van der Waals surface area contributed by atoms with Crippen LogP contribution >= 0.6 is 11.6 Å². The van der Waals surface area contributed by atoms with Crippen molar-refractivity contribution in [1.29, 1.82) is 0 Å². The van der Waals surface area contributed by atoms with Gasteiger partial charge in [0, 0.05) is 21.6 Å². The van der Waals surface area contributed by atoms with Gasteiger partial charge < -0.3 is 20.4 Å². The molecule has 0 saturated carbocycles. The molecule has 6 nitrogen and oxygen atoms in total. The zero-order chi connectivity index (χ0) is 18.1. The van der Waals surface area contributed by atoms with E-state index in [1.807, 2.05) is 12.1 Å². The minimum absolute atomic E-state index is 0.0898. The predicted molar refractivity (Wildman–Crippen MR) is 100 cm³/mol. The number of ether oxygens (including phenoxy) is 1. The summed E-state index contributed by atoms with van der Waals surface area (Å²) in [5, 5.41) is 7.33. The Morgan fingerprint density at radius 3 is 2.96 bits per heavy atom. The molecule has 1 aliphatic rings. The lowest BCUT2D eigenvalue weighted by Gasteiger charge is -2.09. The largest absolute Gasteiger partial charge is 0.491 e. The molecule has 2 heterocycles. The van der Waals surface area contributed by atoms with Gasteiger partial charge in [-0.25, -0.2) is 0 Å². The number of amides is 1. The van der Waals surface area contributed by atoms with E-state index in [0.717, 1.165) is 10.9 Å². The van der Waals surface area contributed by atoms with Crippen LogP contribution in [0.25, 0.3) is 10.9 Å². The summed E-state index contributed by atoms with van der Waals surface area (Å²) < 4.78 is 5.52. The monoisotopic (exact) mass is 369 g/mol. The standard InChI is InChI=1S/C19H16ClN3O3/c20-12-1-3-15-11(7-12)8-16(23-15)17(24)10-22-13-2-4-18-14(9-13)19(25)21-5-6-26-18/h1-4,7-9,22-23H,5-6,10H2,(H,21,25). The highest BCUT2D eigenvalue weighted by molar-refractivity contribution is 6.31. The van der Waals surface area contributed by atoms with E-state index >= 15 is 0 Å². The quantitative estimate of drug-likeness (QED) is 0.616. The van der Waals surface area contributed by atoms with Crippen LogP contribution < -0.4 is 15.4 Å². The second kappa shape index (κ2) is 6.72. The van der Waals surface area contributed by atoms with Crippen molar-refractivity contribution < 1.29 is 14.3 Å². The minimum atomic E-state index is -0.181. The first-order valence-corrected chi connectivity index (χ1v) is 8.58. The third-order valence-corrected chi connectivity index (χ3v) is 4.44. The van der Waals surface area contributed by atoms with Crippen LogP contribution in [0.2, 0.25) is 5.02 Å². The van der Waals surface area contributed by atoms with E-state index in [1.165, 1.54) is 0 Å². The van der Waals surface area contributed by atoms with E-state index in [1.54, 1.807) is 30.3 Å². The smallest absolute Gasteiger partial charge is 0.255 e. The molecule has 2 aromatic carbocycles. The van der Waals surface area contributed by atoms with Crippen molar-refractivity contribution in [1.82, 2.24) is 10.3 Å². The van der Waals surface area contributed by atoms with Crippen LogP contribution in [0.3, 0.4) is 0 Å². The number of aromatic nitrogens is 1. The summed E-state index contributed by atoms with van der Waals surface area (Å²) in [6.07, 6.45) is 0. The van der Waals surface area contributed by atoms with Crippen LogP contribution in [0.15, 0.2) is 42.5 Å². The van der Waals surface area contributed by atoms with Gasteiger partial charge in [0.1, 0.15) is 12.4 Å². The van der Waals surface area contributed by atoms with E-state index in [-0.39, 0.29) is 18.2 Å². The molecule has 0 unspecified atom stereocenters.